The van der Waals surface area contributed by atoms with Crippen molar-refractivity contribution in [3.63, 3.8) is 0 Å². The van der Waals surface area contributed by atoms with Crippen LogP contribution in [0.2, 0.25) is 0 Å². The molecule has 1 aromatic heterocycles. The lowest BCUT2D eigenvalue weighted by molar-refractivity contribution is 0.388. The Hall–Kier alpha value is -1.29. The number of methoxy groups -OCH3 is 1. The number of pyridine rings is 1. The van der Waals surface area contributed by atoms with E-state index in [0.29, 0.717) is 0 Å². The SMILES string of the molecule is CNCC1CCCN(c2cc(C)ncc2OC)C1. The van der Waals surface area contributed by atoms with Crippen LogP contribution in [-0.4, -0.2) is 38.8 Å². The maximum Gasteiger partial charge on any atom is 0.160 e. The van der Waals surface area contributed by atoms with Crippen LogP contribution in [0.5, 0.6) is 5.75 Å². The smallest absolute Gasteiger partial charge is 0.160 e. The highest BCUT2D eigenvalue weighted by Crippen LogP contribution is 2.31. The van der Waals surface area contributed by atoms with Crippen LogP contribution in [0.1, 0.15) is 18.5 Å². The molecule has 1 aliphatic rings. The molecule has 4 nitrogen and oxygen atoms in total. The van der Waals surface area contributed by atoms with E-state index in [4.69, 9.17) is 4.74 Å². The molecule has 1 aliphatic heterocycles. The summed E-state index contributed by atoms with van der Waals surface area (Å²) in [5, 5.41) is 3.28. The Morgan fingerprint density at radius 1 is 1.56 bits per heavy atom. The minimum atomic E-state index is 0.724. The molecule has 0 saturated carbocycles. The van der Waals surface area contributed by atoms with Crippen LogP contribution >= 0.6 is 0 Å². The quantitative estimate of drug-likeness (QED) is 0.883. The van der Waals surface area contributed by atoms with Gasteiger partial charge < -0.3 is 15.0 Å². The van der Waals surface area contributed by atoms with Gasteiger partial charge in [0.2, 0.25) is 0 Å². The highest BCUT2D eigenvalue weighted by atomic mass is 16.5. The maximum atomic E-state index is 5.43. The molecule has 4 heteroatoms. The van der Waals surface area contributed by atoms with Crippen molar-refractivity contribution in [1.82, 2.24) is 10.3 Å². The van der Waals surface area contributed by atoms with Crippen LogP contribution in [0.4, 0.5) is 5.69 Å². The standard InChI is InChI=1S/C14H23N3O/c1-11-7-13(14(18-3)9-16-11)17-6-4-5-12(10-17)8-15-2/h7,9,12,15H,4-6,8,10H2,1-3H3. The minimum absolute atomic E-state index is 0.724. The Labute approximate surface area is 109 Å². The Balaban J connectivity index is 2.17. The first-order chi connectivity index (χ1) is 8.74. The van der Waals surface area contributed by atoms with Crippen LogP contribution in [0.15, 0.2) is 12.3 Å². The summed E-state index contributed by atoms with van der Waals surface area (Å²) in [7, 11) is 3.74. The molecular weight excluding hydrogens is 226 g/mol. The summed E-state index contributed by atoms with van der Waals surface area (Å²) in [5.41, 5.74) is 2.23. The normalized spacial score (nSPS) is 19.9. The molecule has 100 valence electrons. The topological polar surface area (TPSA) is 37.4 Å². The predicted octanol–water partition coefficient (Wildman–Crippen LogP) is 1.83. The molecule has 18 heavy (non-hydrogen) atoms. The summed E-state index contributed by atoms with van der Waals surface area (Å²) < 4.78 is 5.43. The average molecular weight is 249 g/mol. The summed E-state index contributed by atoms with van der Waals surface area (Å²) in [5.74, 6) is 1.60. The third-order valence-corrected chi connectivity index (χ3v) is 3.56. The van der Waals surface area contributed by atoms with Gasteiger partial charge in [0.15, 0.2) is 5.75 Å². The predicted molar refractivity (Wildman–Crippen MR) is 74.4 cm³/mol. The van der Waals surface area contributed by atoms with Crippen molar-refractivity contribution >= 4 is 5.69 Å². The van der Waals surface area contributed by atoms with Gasteiger partial charge in [0.05, 0.1) is 19.0 Å². The van der Waals surface area contributed by atoms with Crippen molar-refractivity contribution < 1.29 is 4.74 Å². The molecular formula is C14H23N3O. The molecule has 1 atom stereocenters. The zero-order valence-corrected chi connectivity index (χ0v) is 11.6. The summed E-state index contributed by atoms with van der Waals surface area (Å²) in [4.78, 5) is 6.73. The molecule has 2 rings (SSSR count). The molecule has 0 spiro atoms. The monoisotopic (exact) mass is 249 g/mol. The zero-order chi connectivity index (χ0) is 13.0. The number of hydrogen-bond acceptors (Lipinski definition) is 4. The summed E-state index contributed by atoms with van der Waals surface area (Å²) in [6.45, 7) is 5.32. The van der Waals surface area contributed by atoms with Gasteiger partial charge in [-0.05, 0) is 45.3 Å². The van der Waals surface area contributed by atoms with Gasteiger partial charge in [0.1, 0.15) is 0 Å². The summed E-state index contributed by atoms with van der Waals surface area (Å²) in [6, 6.07) is 2.13. The number of aromatic nitrogens is 1. The van der Waals surface area contributed by atoms with Gasteiger partial charge in [-0.3, -0.25) is 4.98 Å². The number of piperidine rings is 1. The lowest BCUT2D eigenvalue weighted by Gasteiger charge is -2.35. The molecule has 0 bridgehead atoms. The highest BCUT2D eigenvalue weighted by molar-refractivity contribution is 5.58. The van der Waals surface area contributed by atoms with Crippen LogP contribution in [0.25, 0.3) is 0 Å². The van der Waals surface area contributed by atoms with Gasteiger partial charge >= 0.3 is 0 Å². The number of aryl methyl sites for hydroxylation is 1. The molecule has 1 N–H and O–H groups in total. The van der Waals surface area contributed by atoms with Gasteiger partial charge in [0.25, 0.3) is 0 Å². The van der Waals surface area contributed by atoms with E-state index in [2.05, 4.69) is 21.3 Å². The van der Waals surface area contributed by atoms with Crippen LogP contribution in [0, 0.1) is 12.8 Å². The van der Waals surface area contributed by atoms with E-state index in [1.807, 2.05) is 20.2 Å². The molecule has 1 saturated heterocycles. The minimum Gasteiger partial charge on any atom is -0.493 e. The number of hydrogen-bond donors (Lipinski definition) is 1. The van der Waals surface area contributed by atoms with Gasteiger partial charge in [-0.25, -0.2) is 0 Å². The summed E-state index contributed by atoms with van der Waals surface area (Å²) in [6.07, 6.45) is 4.38. The van der Waals surface area contributed by atoms with Crippen molar-refractivity contribution in [1.29, 1.82) is 0 Å². The largest absolute Gasteiger partial charge is 0.493 e. The second-order valence-corrected chi connectivity index (χ2v) is 5.01. The van der Waals surface area contributed by atoms with Crippen LogP contribution in [0.3, 0.4) is 0 Å². The Morgan fingerprint density at radius 3 is 3.11 bits per heavy atom. The first-order valence-corrected chi connectivity index (χ1v) is 6.64. The van der Waals surface area contributed by atoms with E-state index in [9.17, 15) is 0 Å². The number of ether oxygens (including phenoxy) is 1. The second-order valence-electron chi connectivity index (χ2n) is 5.01. The molecule has 1 fully saturated rings. The van der Waals surface area contributed by atoms with Gasteiger partial charge in [0, 0.05) is 18.8 Å². The fourth-order valence-electron chi connectivity index (χ4n) is 2.68. The molecule has 1 aromatic rings. The summed E-state index contributed by atoms with van der Waals surface area (Å²) >= 11 is 0. The third-order valence-electron chi connectivity index (χ3n) is 3.56. The van der Waals surface area contributed by atoms with E-state index < -0.39 is 0 Å². The Morgan fingerprint density at radius 2 is 2.39 bits per heavy atom. The van der Waals surface area contributed by atoms with E-state index >= 15 is 0 Å². The van der Waals surface area contributed by atoms with Crippen molar-refractivity contribution in [3.8, 4) is 5.75 Å². The second kappa shape index (κ2) is 6.05. The van der Waals surface area contributed by atoms with E-state index in [1.54, 1.807) is 7.11 Å². The van der Waals surface area contributed by atoms with Crippen LogP contribution in [-0.2, 0) is 0 Å². The van der Waals surface area contributed by atoms with E-state index in [-0.39, 0.29) is 0 Å². The first-order valence-electron chi connectivity index (χ1n) is 6.64. The van der Waals surface area contributed by atoms with Crippen molar-refractivity contribution in [2.75, 3.05) is 38.7 Å². The van der Waals surface area contributed by atoms with Gasteiger partial charge in [-0.1, -0.05) is 0 Å². The molecule has 0 amide bonds. The van der Waals surface area contributed by atoms with Crippen LogP contribution < -0.4 is 15.0 Å². The first kappa shape index (κ1) is 13.1. The lowest BCUT2D eigenvalue weighted by atomic mass is 9.97. The van der Waals surface area contributed by atoms with Crippen molar-refractivity contribution in [2.24, 2.45) is 5.92 Å². The molecule has 2 heterocycles. The van der Waals surface area contributed by atoms with E-state index in [0.717, 1.165) is 37.0 Å². The number of rotatable bonds is 4. The number of anilines is 1. The molecule has 0 radical (unpaired) electrons. The molecule has 1 unspecified atom stereocenters. The Bertz CT molecular complexity index is 393. The van der Waals surface area contributed by atoms with Gasteiger partial charge in [-0.15, -0.1) is 0 Å². The van der Waals surface area contributed by atoms with Crippen molar-refractivity contribution in [2.45, 2.75) is 19.8 Å². The number of nitrogens with zero attached hydrogens (tertiary/aromatic N) is 2. The van der Waals surface area contributed by atoms with E-state index in [1.165, 1.54) is 18.5 Å². The number of nitrogens with one attached hydrogen (secondary N) is 1. The van der Waals surface area contributed by atoms with Crippen molar-refractivity contribution in [3.05, 3.63) is 18.0 Å². The highest BCUT2D eigenvalue weighted by Gasteiger charge is 2.22. The fraction of sp³-hybridized carbons (Fsp3) is 0.643. The third kappa shape index (κ3) is 2.93. The Kier molecular flexibility index (Phi) is 4.42. The molecule has 0 aliphatic carbocycles. The lowest BCUT2D eigenvalue weighted by Crippen LogP contribution is -2.39. The zero-order valence-electron chi connectivity index (χ0n) is 11.6. The van der Waals surface area contributed by atoms with Gasteiger partial charge in [-0.2, -0.15) is 0 Å². The maximum absolute atomic E-state index is 5.43. The molecule has 0 aromatic carbocycles. The average Bonchev–Trinajstić information content (AvgIpc) is 2.39. The fourth-order valence-corrected chi connectivity index (χ4v) is 2.68.